The predicted molar refractivity (Wildman–Crippen MR) is 197 cm³/mol. The van der Waals surface area contributed by atoms with E-state index in [9.17, 15) is 43.2 Å². The summed E-state index contributed by atoms with van der Waals surface area (Å²) in [6.07, 6.45) is 8.36. The molecule has 0 aromatic heterocycles. The van der Waals surface area contributed by atoms with Crippen LogP contribution in [0.25, 0.3) is 0 Å². The molecule has 2 amide bonds. The fourth-order valence-corrected chi connectivity index (χ4v) is 4.51. The molecule has 0 saturated carbocycles. The van der Waals surface area contributed by atoms with Gasteiger partial charge in [-0.05, 0) is 77.0 Å². The highest BCUT2D eigenvalue weighted by Crippen LogP contribution is 2.07. The van der Waals surface area contributed by atoms with Gasteiger partial charge in [-0.2, -0.15) is 0 Å². The van der Waals surface area contributed by atoms with Crippen molar-refractivity contribution in [2.75, 3.05) is 59.8 Å². The van der Waals surface area contributed by atoms with Crippen LogP contribution in [-0.2, 0) is 76.3 Å². The number of ether oxygens (including phenoxy) is 7. The van der Waals surface area contributed by atoms with Crippen molar-refractivity contribution < 1.29 is 76.3 Å². The first kappa shape index (κ1) is 51.0. The molecule has 0 radical (unpaired) electrons. The Hall–Kier alpha value is -5.03. The molecule has 0 saturated heterocycles. The molecule has 0 aliphatic carbocycles. The Labute approximate surface area is 328 Å². The molecule has 0 aliphatic heterocycles. The first-order valence-electron chi connectivity index (χ1n) is 19.1. The van der Waals surface area contributed by atoms with Crippen molar-refractivity contribution in [3.8, 4) is 0 Å². The van der Waals surface area contributed by atoms with Crippen LogP contribution in [-0.4, -0.2) is 113 Å². The minimum Gasteiger partial charge on any atom is -0.469 e. The minimum atomic E-state index is -0.712. The van der Waals surface area contributed by atoms with E-state index in [1.165, 1.54) is 7.11 Å². The third kappa shape index (κ3) is 34.7. The van der Waals surface area contributed by atoms with Crippen LogP contribution in [0.15, 0.2) is 12.7 Å². The molecule has 0 aromatic rings. The lowest BCUT2D eigenvalue weighted by molar-refractivity contribution is -0.149. The molecule has 0 fully saturated rings. The van der Waals surface area contributed by atoms with Crippen LogP contribution in [0.5, 0.6) is 0 Å². The predicted octanol–water partition coefficient (Wildman–Crippen LogP) is 2.86. The van der Waals surface area contributed by atoms with E-state index < -0.39 is 48.5 Å². The van der Waals surface area contributed by atoms with Gasteiger partial charge in [0.2, 0.25) is 11.8 Å². The number of carbonyl (C=O) groups excluding carboxylic acids is 9. The van der Waals surface area contributed by atoms with E-state index >= 15 is 0 Å². The van der Waals surface area contributed by atoms with Crippen LogP contribution in [0, 0.1) is 0 Å². The van der Waals surface area contributed by atoms with Gasteiger partial charge in [0.05, 0.1) is 33.5 Å². The Morgan fingerprint density at radius 3 is 1.09 bits per heavy atom. The summed E-state index contributed by atoms with van der Waals surface area (Å²) < 4.78 is 34.6. The van der Waals surface area contributed by atoms with Crippen molar-refractivity contribution in [1.29, 1.82) is 0 Å². The van der Waals surface area contributed by atoms with Gasteiger partial charge in [-0.3, -0.25) is 38.4 Å². The highest BCUT2D eigenvalue weighted by molar-refractivity contribution is 5.95. The third-order valence-electron chi connectivity index (χ3n) is 7.52. The molecule has 0 heterocycles. The number of carbonyl (C=O) groups is 9. The van der Waals surface area contributed by atoms with Crippen LogP contribution in [0.4, 0.5) is 0 Å². The lowest BCUT2D eigenvalue weighted by Crippen LogP contribution is -2.36. The fourth-order valence-electron chi connectivity index (χ4n) is 4.51. The smallest absolute Gasteiger partial charge is 0.330 e. The first-order valence-corrected chi connectivity index (χ1v) is 19.1. The zero-order valence-electron chi connectivity index (χ0n) is 32.7. The first-order chi connectivity index (χ1) is 27.0. The van der Waals surface area contributed by atoms with Crippen molar-refractivity contribution in [2.24, 2.45) is 0 Å². The van der Waals surface area contributed by atoms with E-state index in [2.05, 4.69) is 21.9 Å². The van der Waals surface area contributed by atoms with Crippen LogP contribution >= 0.6 is 0 Å². The van der Waals surface area contributed by atoms with Crippen molar-refractivity contribution in [2.45, 2.75) is 116 Å². The maximum absolute atomic E-state index is 12.0. The number of rotatable bonds is 35. The molecular formula is C38H60N2O16. The van der Waals surface area contributed by atoms with Crippen LogP contribution in [0.3, 0.4) is 0 Å². The van der Waals surface area contributed by atoms with Gasteiger partial charge in [0.15, 0.2) is 0 Å². The van der Waals surface area contributed by atoms with Crippen LogP contribution in [0.1, 0.15) is 116 Å². The van der Waals surface area contributed by atoms with E-state index in [-0.39, 0.29) is 83.3 Å². The second-order valence-electron chi connectivity index (χ2n) is 12.3. The van der Waals surface area contributed by atoms with Gasteiger partial charge >= 0.3 is 41.8 Å². The largest absolute Gasteiger partial charge is 0.469 e. The monoisotopic (exact) mass is 800 g/mol. The molecule has 0 aromatic carbocycles. The highest BCUT2D eigenvalue weighted by Gasteiger charge is 2.13. The number of amides is 2. The van der Waals surface area contributed by atoms with E-state index in [0.29, 0.717) is 83.7 Å². The van der Waals surface area contributed by atoms with Crippen LogP contribution < -0.4 is 10.6 Å². The lowest BCUT2D eigenvalue weighted by Gasteiger charge is -2.08. The van der Waals surface area contributed by atoms with Gasteiger partial charge in [-0.25, -0.2) is 4.79 Å². The molecule has 0 unspecified atom stereocenters. The Balaban J connectivity index is 3.65. The van der Waals surface area contributed by atoms with Crippen LogP contribution in [0.2, 0.25) is 0 Å². The normalized spacial score (nSPS) is 10.3. The summed E-state index contributed by atoms with van der Waals surface area (Å²) in [5.74, 6) is -4.49. The zero-order valence-corrected chi connectivity index (χ0v) is 32.7. The summed E-state index contributed by atoms with van der Waals surface area (Å²) >= 11 is 0. The summed E-state index contributed by atoms with van der Waals surface area (Å²) in [4.78, 5) is 105. The molecule has 0 bridgehead atoms. The molecule has 318 valence electrons. The van der Waals surface area contributed by atoms with Gasteiger partial charge in [-0.1, -0.05) is 6.58 Å². The molecule has 18 nitrogen and oxygen atoms in total. The van der Waals surface area contributed by atoms with Gasteiger partial charge < -0.3 is 43.8 Å². The van der Waals surface area contributed by atoms with Gasteiger partial charge in [0, 0.05) is 44.8 Å². The SMILES string of the molecule is C=CC(=O)OCCOC(=O)CCCCCOC(=O)CCCCCOC(=O)CC(=O)NCCNC(=O)CC(=O)OCCCCCC(=O)OCCCCCC(=O)OC. The zero-order chi connectivity index (χ0) is 41.7. The molecular weight excluding hydrogens is 740 g/mol. The van der Waals surface area contributed by atoms with Gasteiger partial charge in [0.1, 0.15) is 26.1 Å². The number of nitrogens with one attached hydrogen (secondary N) is 2. The van der Waals surface area contributed by atoms with Crippen molar-refractivity contribution in [3.63, 3.8) is 0 Å². The van der Waals surface area contributed by atoms with Gasteiger partial charge in [-0.15, -0.1) is 0 Å². The number of hydrogen-bond acceptors (Lipinski definition) is 16. The molecule has 0 aliphatic rings. The van der Waals surface area contributed by atoms with Crippen molar-refractivity contribution in [3.05, 3.63) is 12.7 Å². The number of hydrogen-bond donors (Lipinski definition) is 2. The lowest BCUT2D eigenvalue weighted by atomic mass is 10.2. The molecule has 18 heteroatoms. The third-order valence-corrected chi connectivity index (χ3v) is 7.52. The van der Waals surface area contributed by atoms with Crippen molar-refractivity contribution in [1.82, 2.24) is 10.6 Å². The minimum absolute atomic E-state index is 0.0235. The standard InChI is InChI=1S/C38H60N2O16/c1-3-32(43)55-26-27-56-36(47)19-11-5-13-23-52-35(46)18-10-7-15-25-54-38(49)29-31(42)40-21-20-39-30(41)28-37(48)53-24-14-6-9-17-34(45)51-22-12-4-8-16-33(44)50-2/h3H,1,4-29H2,2H3,(H,39,41)(H,40,42). The quantitative estimate of drug-likeness (QED) is 0.0308. The Bertz CT molecular complexity index is 1220. The molecule has 0 rings (SSSR count). The number of methoxy groups -OCH3 is 1. The Morgan fingerprint density at radius 1 is 0.411 bits per heavy atom. The summed E-state index contributed by atoms with van der Waals surface area (Å²) in [5.41, 5.74) is 0. The Kier molecular flexibility index (Phi) is 32.5. The number of unbranched alkanes of at least 4 members (excludes halogenated alkanes) is 8. The number of esters is 7. The van der Waals surface area contributed by atoms with Gasteiger partial charge in [0.25, 0.3) is 0 Å². The fraction of sp³-hybridized carbons (Fsp3) is 0.711. The average molecular weight is 801 g/mol. The maximum Gasteiger partial charge on any atom is 0.330 e. The summed E-state index contributed by atoms with van der Waals surface area (Å²) in [5, 5.41) is 4.94. The summed E-state index contributed by atoms with van der Waals surface area (Å²) in [7, 11) is 1.34. The molecule has 2 N–H and O–H groups in total. The molecule has 0 atom stereocenters. The summed E-state index contributed by atoms with van der Waals surface area (Å²) in [6, 6.07) is 0. The van der Waals surface area contributed by atoms with E-state index in [4.69, 9.17) is 28.4 Å². The van der Waals surface area contributed by atoms with E-state index in [1.54, 1.807) is 0 Å². The Morgan fingerprint density at radius 2 is 0.732 bits per heavy atom. The second kappa shape index (κ2) is 35.7. The van der Waals surface area contributed by atoms with E-state index in [1.807, 2.05) is 0 Å². The maximum atomic E-state index is 12.0. The van der Waals surface area contributed by atoms with Crippen molar-refractivity contribution >= 4 is 53.6 Å². The summed E-state index contributed by atoms with van der Waals surface area (Å²) in [6.45, 7) is 4.00. The average Bonchev–Trinajstić information content (AvgIpc) is 3.16. The topological polar surface area (TPSA) is 242 Å². The molecule has 0 spiro atoms. The van der Waals surface area contributed by atoms with E-state index in [0.717, 1.165) is 12.5 Å². The highest BCUT2D eigenvalue weighted by atomic mass is 16.6. The molecule has 56 heavy (non-hydrogen) atoms. The second-order valence-corrected chi connectivity index (χ2v) is 12.3.